The molecule has 1 rings (SSSR count). The van der Waals surface area contributed by atoms with Crippen molar-refractivity contribution in [2.75, 3.05) is 6.61 Å². The Kier molecular flexibility index (Phi) is 2.87. The fourth-order valence-electron chi connectivity index (χ4n) is 1.12. The smallest absolute Gasteiger partial charge is 0.0951 e. The van der Waals surface area contributed by atoms with Gasteiger partial charge in [0.05, 0.1) is 12.0 Å². The second kappa shape index (κ2) is 3.72. The van der Waals surface area contributed by atoms with Gasteiger partial charge in [-0.1, -0.05) is 6.92 Å². The number of nitrogens with zero attached hydrogens (tertiary/aromatic N) is 2. The summed E-state index contributed by atoms with van der Waals surface area (Å²) in [6, 6.07) is 0. The van der Waals surface area contributed by atoms with Gasteiger partial charge in [0.15, 0.2) is 0 Å². The monoisotopic (exact) mass is 168 g/mol. The summed E-state index contributed by atoms with van der Waals surface area (Å²) in [7, 11) is 0. The molecule has 0 amide bonds. The molecule has 0 spiro atoms. The third kappa shape index (κ3) is 1.85. The maximum atomic E-state index is 8.86. The third-order valence-corrected chi connectivity index (χ3v) is 2.17. The highest BCUT2D eigenvalue weighted by Crippen LogP contribution is 2.07. The lowest BCUT2D eigenvalue weighted by molar-refractivity contribution is 0.222. The first-order valence-electron chi connectivity index (χ1n) is 4.24. The molecule has 0 aliphatic carbocycles. The molecule has 1 aromatic heterocycles. The van der Waals surface area contributed by atoms with Gasteiger partial charge in [-0.25, -0.2) is 4.98 Å². The van der Waals surface area contributed by atoms with Crippen molar-refractivity contribution in [3.8, 4) is 0 Å². The summed E-state index contributed by atoms with van der Waals surface area (Å²) in [6.07, 6.45) is 1.83. The van der Waals surface area contributed by atoms with Crippen LogP contribution < -0.4 is 0 Å². The van der Waals surface area contributed by atoms with Crippen LogP contribution in [0.1, 0.15) is 18.3 Å². The summed E-state index contributed by atoms with van der Waals surface area (Å²) in [5.74, 6) is 0.303. The van der Waals surface area contributed by atoms with E-state index in [0.717, 1.165) is 12.2 Å². The normalized spacial score (nSPS) is 13.3. The van der Waals surface area contributed by atoms with Crippen LogP contribution in [0, 0.1) is 19.8 Å². The standard InChI is InChI=1S/C9H16N2O/c1-7(5-12)4-11-6-10-8(2)9(11)3/h6-7,12H,4-5H2,1-3H3. The molecule has 0 aliphatic heterocycles. The molecular formula is C9H16N2O. The molecule has 0 saturated heterocycles. The highest BCUT2D eigenvalue weighted by molar-refractivity contribution is 5.08. The van der Waals surface area contributed by atoms with E-state index in [9.17, 15) is 0 Å². The molecule has 0 aliphatic rings. The fraction of sp³-hybridized carbons (Fsp3) is 0.667. The van der Waals surface area contributed by atoms with Crippen LogP contribution in [-0.4, -0.2) is 21.3 Å². The average Bonchev–Trinajstić information content (AvgIpc) is 2.36. The minimum absolute atomic E-state index is 0.233. The Morgan fingerprint density at radius 2 is 2.25 bits per heavy atom. The van der Waals surface area contributed by atoms with Crippen molar-refractivity contribution in [3.63, 3.8) is 0 Å². The van der Waals surface area contributed by atoms with Crippen LogP contribution in [0.5, 0.6) is 0 Å². The van der Waals surface area contributed by atoms with Gasteiger partial charge in [0.1, 0.15) is 0 Å². The lowest BCUT2D eigenvalue weighted by atomic mass is 10.2. The van der Waals surface area contributed by atoms with E-state index in [2.05, 4.69) is 9.55 Å². The number of aromatic nitrogens is 2. The Morgan fingerprint density at radius 3 is 2.67 bits per heavy atom. The first kappa shape index (κ1) is 9.26. The molecule has 1 heterocycles. The average molecular weight is 168 g/mol. The van der Waals surface area contributed by atoms with E-state index in [1.54, 1.807) is 0 Å². The van der Waals surface area contributed by atoms with E-state index < -0.39 is 0 Å². The van der Waals surface area contributed by atoms with Crippen molar-refractivity contribution in [3.05, 3.63) is 17.7 Å². The zero-order valence-corrected chi connectivity index (χ0v) is 7.91. The topological polar surface area (TPSA) is 38.0 Å². The Bertz CT molecular complexity index is 255. The van der Waals surface area contributed by atoms with Crippen LogP contribution >= 0.6 is 0 Å². The van der Waals surface area contributed by atoms with Crippen LogP contribution in [0.3, 0.4) is 0 Å². The number of rotatable bonds is 3. The highest BCUT2D eigenvalue weighted by atomic mass is 16.3. The third-order valence-electron chi connectivity index (χ3n) is 2.17. The molecule has 0 aromatic carbocycles. The summed E-state index contributed by atoms with van der Waals surface area (Å²) >= 11 is 0. The zero-order chi connectivity index (χ0) is 9.14. The number of aliphatic hydroxyl groups excluding tert-OH is 1. The molecule has 12 heavy (non-hydrogen) atoms. The second-order valence-electron chi connectivity index (χ2n) is 3.36. The van der Waals surface area contributed by atoms with Gasteiger partial charge in [-0.15, -0.1) is 0 Å². The van der Waals surface area contributed by atoms with E-state index in [1.165, 1.54) is 5.69 Å². The minimum atomic E-state index is 0.233. The lowest BCUT2D eigenvalue weighted by Gasteiger charge is -2.10. The van der Waals surface area contributed by atoms with Gasteiger partial charge < -0.3 is 9.67 Å². The molecule has 1 unspecified atom stereocenters. The van der Waals surface area contributed by atoms with Crippen LogP contribution in [0.4, 0.5) is 0 Å². The van der Waals surface area contributed by atoms with E-state index in [0.29, 0.717) is 5.92 Å². The molecule has 0 bridgehead atoms. The van der Waals surface area contributed by atoms with Crippen LogP contribution in [0.25, 0.3) is 0 Å². The van der Waals surface area contributed by atoms with Crippen LogP contribution in [0.2, 0.25) is 0 Å². The predicted molar refractivity (Wildman–Crippen MR) is 48.0 cm³/mol. The molecule has 68 valence electrons. The van der Waals surface area contributed by atoms with Crippen molar-refractivity contribution in [1.29, 1.82) is 0 Å². The van der Waals surface area contributed by atoms with Gasteiger partial charge in [-0.3, -0.25) is 0 Å². The van der Waals surface area contributed by atoms with Gasteiger partial charge in [0, 0.05) is 18.8 Å². The molecule has 0 saturated carbocycles. The highest BCUT2D eigenvalue weighted by Gasteiger charge is 2.05. The minimum Gasteiger partial charge on any atom is -0.396 e. The number of imidazole rings is 1. The van der Waals surface area contributed by atoms with Crippen molar-refractivity contribution in [2.24, 2.45) is 5.92 Å². The molecule has 0 fully saturated rings. The van der Waals surface area contributed by atoms with E-state index in [4.69, 9.17) is 5.11 Å². The molecule has 0 radical (unpaired) electrons. The van der Waals surface area contributed by atoms with E-state index in [-0.39, 0.29) is 6.61 Å². The summed E-state index contributed by atoms with van der Waals surface area (Å²) < 4.78 is 2.08. The van der Waals surface area contributed by atoms with Gasteiger partial charge in [-0.05, 0) is 19.8 Å². The molecule has 1 atom stereocenters. The molecule has 1 N–H and O–H groups in total. The van der Waals surface area contributed by atoms with E-state index in [1.807, 2.05) is 27.1 Å². The SMILES string of the molecule is Cc1ncn(CC(C)CO)c1C. The maximum absolute atomic E-state index is 8.86. The number of aliphatic hydroxyl groups is 1. The quantitative estimate of drug-likeness (QED) is 0.734. The van der Waals surface area contributed by atoms with Crippen molar-refractivity contribution < 1.29 is 5.11 Å². The largest absolute Gasteiger partial charge is 0.396 e. The fourth-order valence-corrected chi connectivity index (χ4v) is 1.12. The van der Waals surface area contributed by atoms with Gasteiger partial charge in [0.2, 0.25) is 0 Å². The first-order valence-corrected chi connectivity index (χ1v) is 4.24. The van der Waals surface area contributed by atoms with Crippen LogP contribution in [-0.2, 0) is 6.54 Å². The van der Waals surface area contributed by atoms with Crippen molar-refractivity contribution in [2.45, 2.75) is 27.3 Å². The van der Waals surface area contributed by atoms with Gasteiger partial charge >= 0.3 is 0 Å². The zero-order valence-electron chi connectivity index (χ0n) is 7.91. The first-order chi connectivity index (χ1) is 5.65. The number of aryl methyl sites for hydroxylation is 1. The molecule has 3 nitrogen and oxygen atoms in total. The van der Waals surface area contributed by atoms with Crippen molar-refractivity contribution >= 4 is 0 Å². The summed E-state index contributed by atoms with van der Waals surface area (Å²) in [5, 5.41) is 8.86. The summed E-state index contributed by atoms with van der Waals surface area (Å²) in [5.41, 5.74) is 2.26. The number of hydrogen-bond donors (Lipinski definition) is 1. The summed E-state index contributed by atoms with van der Waals surface area (Å²) in [4.78, 5) is 4.18. The number of hydrogen-bond acceptors (Lipinski definition) is 2. The summed E-state index contributed by atoms with van der Waals surface area (Å²) in [6.45, 7) is 7.15. The van der Waals surface area contributed by atoms with Gasteiger partial charge in [0.25, 0.3) is 0 Å². The van der Waals surface area contributed by atoms with E-state index >= 15 is 0 Å². The molecule has 1 aromatic rings. The van der Waals surface area contributed by atoms with Gasteiger partial charge in [-0.2, -0.15) is 0 Å². The lowest BCUT2D eigenvalue weighted by Crippen LogP contribution is -2.11. The molecular weight excluding hydrogens is 152 g/mol. The maximum Gasteiger partial charge on any atom is 0.0951 e. The Morgan fingerprint density at radius 1 is 1.58 bits per heavy atom. The van der Waals surface area contributed by atoms with Crippen molar-refractivity contribution in [1.82, 2.24) is 9.55 Å². The Balaban J connectivity index is 2.69. The Hall–Kier alpha value is -0.830. The predicted octanol–water partition coefficient (Wildman–Crippen LogP) is 1.13. The second-order valence-corrected chi connectivity index (χ2v) is 3.36. The molecule has 3 heteroatoms. The van der Waals surface area contributed by atoms with Crippen LogP contribution in [0.15, 0.2) is 6.33 Å². The Labute approximate surface area is 73.1 Å².